The van der Waals surface area contributed by atoms with Crippen LogP contribution in [0.4, 0.5) is 4.39 Å². The third-order valence-corrected chi connectivity index (χ3v) is 6.66. The zero-order valence-corrected chi connectivity index (χ0v) is 17.7. The van der Waals surface area contributed by atoms with E-state index in [1.165, 1.54) is 6.07 Å². The largest absolute Gasteiger partial charge is 0.381 e. The summed E-state index contributed by atoms with van der Waals surface area (Å²) in [5.41, 5.74) is 2.97. The van der Waals surface area contributed by atoms with Crippen molar-refractivity contribution in [3.05, 3.63) is 65.7 Å². The molecule has 3 heterocycles. The van der Waals surface area contributed by atoms with Crippen LogP contribution in [-0.4, -0.2) is 46.7 Å². The molecule has 2 aromatic carbocycles. The number of aromatic nitrogens is 2. The predicted octanol–water partition coefficient (Wildman–Crippen LogP) is 4.36. The van der Waals surface area contributed by atoms with Crippen molar-refractivity contribution >= 4 is 16.9 Å². The Balaban J connectivity index is 1.36. The molecule has 0 unspecified atom stereocenters. The maximum absolute atomic E-state index is 13.8. The number of likely N-dealkylation sites (tertiary alicyclic amines) is 1. The molecule has 162 valence electrons. The second-order valence-electron chi connectivity index (χ2n) is 8.66. The van der Waals surface area contributed by atoms with Crippen molar-refractivity contribution < 1.29 is 13.9 Å². The van der Waals surface area contributed by atoms with Gasteiger partial charge in [0.2, 0.25) is 5.91 Å². The fraction of sp³-hybridized carbons (Fsp3) is 0.440. The van der Waals surface area contributed by atoms with E-state index < -0.39 is 0 Å². The first-order valence-corrected chi connectivity index (χ1v) is 11.2. The lowest BCUT2D eigenvalue weighted by atomic mass is 9.93. The number of nitrogens with zero attached hydrogens (tertiary/aromatic N) is 3. The number of halogens is 1. The SMILES string of the molecule is O=C(C1CCOCC1)N1CCC(c2nc3ccccc3n2Cc2cccc(F)c2)CC1. The molecule has 31 heavy (non-hydrogen) atoms. The van der Waals surface area contributed by atoms with Crippen LogP contribution in [0.25, 0.3) is 11.0 Å². The Hall–Kier alpha value is -2.73. The molecule has 2 aliphatic rings. The molecule has 1 amide bonds. The number of ether oxygens (including phenoxy) is 1. The van der Waals surface area contributed by atoms with Gasteiger partial charge in [-0.25, -0.2) is 9.37 Å². The number of carbonyl (C=O) groups is 1. The topological polar surface area (TPSA) is 47.4 Å². The molecule has 0 spiro atoms. The van der Waals surface area contributed by atoms with Gasteiger partial charge < -0.3 is 14.2 Å². The summed E-state index contributed by atoms with van der Waals surface area (Å²) in [5, 5.41) is 0. The van der Waals surface area contributed by atoms with Crippen molar-refractivity contribution in [3.63, 3.8) is 0 Å². The molecular formula is C25H28FN3O2. The van der Waals surface area contributed by atoms with Gasteiger partial charge in [0.1, 0.15) is 11.6 Å². The van der Waals surface area contributed by atoms with Crippen molar-refractivity contribution in [1.82, 2.24) is 14.5 Å². The van der Waals surface area contributed by atoms with Crippen molar-refractivity contribution in [2.75, 3.05) is 26.3 Å². The molecule has 0 aliphatic carbocycles. The van der Waals surface area contributed by atoms with Crippen LogP contribution in [0.5, 0.6) is 0 Å². The minimum absolute atomic E-state index is 0.114. The van der Waals surface area contributed by atoms with E-state index >= 15 is 0 Å². The maximum Gasteiger partial charge on any atom is 0.225 e. The number of hydrogen-bond acceptors (Lipinski definition) is 3. The van der Waals surface area contributed by atoms with Gasteiger partial charge in [-0.2, -0.15) is 0 Å². The quantitative estimate of drug-likeness (QED) is 0.629. The molecule has 0 bridgehead atoms. The molecule has 6 heteroatoms. The third-order valence-electron chi connectivity index (χ3n) is 6.66. The lowest BCUT2D eigenvalue weighted by molar-refractivity contribution is -0.139. The summed E-state index contributed by atoms with van der Waals surface area (Å²) in [6.45, 7) is 3.51. The second-order valence-corrected chi connectivity index (χ2v) is 8.66. The summed E-state index contributed by atoms with van der Waals surface area (Å²) in [6, 6.07) is 14.9. The van der Waals surface area contributed by atoms with E-state index in [9.17, 15) is 9.18 Å². The van der Waals surface area contributed by atoms with Gasteiger partial charge in [0.25, 0.3) is 0 Å². The van der Waals surface area contributed by atoms with Crippen molar-refractivity contribution in [2.24, 2.45) is 5.92 Å². The van der Waals surface area contributed by atoms with E-state index in [2.05, 4.69) is 10.6 Å². The van der Waals surface area contributed by atoms with E-state index in [1.807, 2.05) is 29.2 Å². The number of para-hydroxylation sites is 2. The Morgan fingerprint density at radius 1 is 1.03 bits per heavy atom. The van der Waals surface area contributed by atoms with Crippen LogP contribution < -0.4 is 0 Å². The smallest absolute Gasteiger partial charge is 0.225 e. The van der Waals surface area contributed by atoms with E-state index in [0.29, 0.717) is 25.7 Å². The average Bonchev–Trinajstić information content (AvgIpc) is 3.18. The number of fused-ring (bicyclic) bond motifs is 1. The molecule has 3 aromatic rings. The molecule has 0 N–H and O–H groups in total. The number of hydrogen-bond donors (Lipinski definition) is 0. The molecule has 1 aromatic heterocycles. The highest BCUT2D eigenvalue weighted by atomic mass is 19.1. The number of imidazole rings is 1. The zero-order valence-electron chi connectivity index (χ0n) is 17.7. The zero-order chi connectivity index (χ0) is 21.2. The number of rotatable bonds is 4. The van der Waals surface area contributed by atoms with Crippen LogP contribution >= 0.6 is 0 Å². The summed E-state index contributed by atoms with van der Waals surface area (Å²) in [6.07, 6.45) is 3.48. The monoisotopic (exact) mass is 421 g/mol. The van der Waals surface area contributed by atoms with E-state index in [4.69, 9.17) is 9.72 Å². The number of piperidine rings is 1. The van der Waals surface area contributed by atoms with Gasteiger partial charge in [0.05, 0.1) is 11.0 Å². The van der Waals surface area contributed by atoms with Crippen LogP contribution in [0, 0.1) is 11.7 Å². The molecule has 0 atom stereocenters. The second kappa shape index (κ2) is 8.79. The molecule has 0 saturated carbocycles. The number of carbonyl (C=O) groups excluding carboxylic acids is 1. The lowest BCUT2D eigenvalue weighted by Gasteiger charge is -2.35. The Bertz CT molecular complexity index is 1070. The predicted molar refractivity (Wildman–Crippen MR) is 117 cm³/mol. The van der Waals surface area contributed by atoms with Crippen LogP contribution in [0.2, 0.25) is 0 Å². The van der Waals surface area contributed by atoms with E-state index in [1.54, 1.807) is 12.1 Å². The highest BCUT2D eigenvalue weighted by Gasteiger charge is 2.31. The Morgan fingerprint density at radius 2 is 1.81 bits per heavy atom. The lowest BCUT2D eigenvalue weighted by Crippen LogP contribution is -2.43. The highest BCUT2D eigenvalue weighted by Crippen LogP contribution is 2.32. The normalized spacial score (nSPS) is 18.5. The summed E-state index contributed by atoms with van der Waals surface area (Å²) >= 11 is 0. The van der Waals surface area contributed by atoms with Crippen molar-refractivity contribution in [3.8, 4) is 0 Å². The van der Waals surface area contributed by atoms with Gasteiger partial charge in [0.15, 0.2) is 0 Å². The first-order chi connectivity index (χ1) is 15.2. The van der Waals surface area contributed by atoms with E-state index in [0.717, 1.165) is 61.2 Å². The van der Waals surface area contributed by atoms with Crippen LogP contribution in [0.3, 0.4) is 0 Å². The summed E-state index contributed by atoms with van der Waals surface area (Å²) in [7, 11) is 0. The summed E-state index contributed by atoms with van der Waals surface area (Å²) in [5.74, 6) is 1.52. The fourth-order valence-electron chi connectivity index (χ4n) is 4.95. The number of benzene rings is 2. The minimum atomic E-state index is -0.219. The molecule has 5 rings (SSSR count). The standard InChI is InChI=1S/C25H28FN3O2/c26-21-5-3-4-18(16-21)17-29-23-7-2-1-6-22(23)27-24(29)19-8-12-28(13-9-19)25(30)20-10-14-31-15-11-20/h1-7,16,19-20H,8-15,17H2. The molecule has 0 radical (unpaired) electrons. The summed E-state index contributed by atoms with van der Waals surface area (Å²) in [4.78, 5) is 19.9. The first kappa shape index (κ1) is 20.2. The van der Waals surface area contributed by atoms with Gasteiger partial charge in [0, 0.05) is 44.7 Å². The number of amides is 1. The van der Waals surface area contributed by atoms with Crippen LogP contribution in [-0.2, 0) is 16.1 Å². The Kier molecular flexibility index (Phi) is 5.72. The van der Waals surface area contributed by atoms with Gasteiger partial charge in [-0.15, -0.1) is 0 Å². The molecule has 5 nitrogen and oxygen atoms in total. The van der Waals surface area contributed by atoms with Crippen molar-refractivity contribution in [2.45, 2.75) is 38.1 Å². The van der Waals surface area contributed by atoms with Gasteiger partial charge in [-0.3, -0.25) is 4.79 Å². The van der Waals surface area contributed by atoms with Crippen molar-refractivity contribution in [1.29, 1.82) is 0 Å². The molecule has 2 saturated heterocycles. The minimum Gasteiger partial charge on any atom is -0.381 e. The van der Waals surface area contributed by atoms with Gasteiger partial charge >= 0.3 is 0 Å². The average molecular weight is 422 g/mol. The molecular weight excluding hydrogens is 393 g/mol. The third kappa shape index (κ3) is 4.22. The fourth-order valence-corrected chi connectivity index (χ4v) is 4.95. The summed E-state index contributed by atoms with van der Waals surface area (Å²) < 4.78 is 21.4. The highest BCUT2D eigenvalue weighted by molar-refractivity contribution is 5.79. The first-order valence-electron chi connectivity index (χ1n) is 11.2. The maximum atomic E-state index is 13.8. The van der Waals surface area contributed by atoms with Gasteiger partial charge in [-0.05, 0) is 55.5 Å². The molecule has 2 aliphatic heterocycles. The molecule has 2 fully saturated rings. The van der Waals surface area contributed by atoms with E-state index in [-0.39, 0.29) is 17.6 Å². The van der Waals surface area contributed by atoms with Crippen LogP contribution in [0.15, 0.2) is 48.5 Å². The van der Waals surface area contributed by atoms with Crippen LogP contribution in [0.1, 0.15) is 43.0 Å². The van der Waals surface area contributed by atoms with Gasteiger partial charge in [-0.1, -0.05) is 24.3 Å². The Morgan fingerprint density at radius 3 is 2.58 bits per heavy atom. The Labute approximate surface area is 181 Å².